The number of aliphatic hydroxyl groups is 1. The second kappa shape index (κ2) is 17.7. The van der Waals surface area contributed by atoms with E-state index in [1.807, 2.05) is 0 Å². The van der Waals surface area contributed by atoms with Crippen LogP contribution in [0.5, 0.6) is 0 Å². The van der Waals surface area contributed by atoms with Crippen molar-refractivity contribution in [2.75, 3.05) is 6.61 Å². The number of rotatable bonds is 0. The molecule has 126 valence electrons. The first kappa shape index (κ1) is 37.1. The Balaban J connectivity index is -0.0000000321. The van der Waals surface area contributed by atoms with Crippen molar-refractivity contribution in [3.63, 3.8) is 0 Å². The molecule has 0 amide bonds. The third kappa shape index (κ3) is 15600. The molecule has 0 rings (SSSR count). The summed E-state index contributed by atoms with van der Waals surface area (Å²) < 4.78 is 102. The van der Waals surface area contributed by atoms with Crippen molar-refractivity contribution in [2.24, 2.45) is 0 Å². The van der Waals surface area contributed by atoms with Crippen LogP contribution in [-0.4, -0.2) is 64.3 Å². The molecule has 0 fully saturated rings. The minimum Gasteiger partial charge on any atom is -0.759 e. The Kier molecular flexibility index (Phi) is 32.8. The number of hydrogen-bond acceptors (Lipinski definition) is 13. The molecule has 0 saturated heterocycles. The average molecular weight is 446 g/mol. The fourth-order valence-corrected chi connectivity index (χ4v) is 0. The first-order chi connectivity index (χ1) is 7.41. The molecule has 0 aromatic carbocycles. The van der Waals surface area contributed by atoms with Crippen LogP contribution in [0.15, 0.2) is 0 Å². The number of aliphatic hydroxyl groups excluding tert-OH is 1. The van der Waals surface area contributed by atoms with Crippen molar-refractivity contribution in [3.8, 4) is 0 Å². The monoisotopic (exact) mass is 446 g/mol. The largest absolute Gasteiger partial charge is 3.00 e. The second-order valence-corrected chi connectivity index (χ2v) is 3.99. The van der Waals surface area contributed by atoms with E-state index in [1.54, 1.807) is 6.92 Å². The summed E-state index contributed by atoms with van der Waals surface area (Å²) in [6.45, 7) is 1.93. The Labute approximate surface area is 136 Å². The van der Waals surface area contributed by atoms with Gasteiger partial charge in [0, 0.05) is 37.8 Å². The summed E-state index contributed by atoms with van der Waals surface area (Å²) in [7, 11) is -15.5. The summed E-state index contributed by atoms with van der Waals surface area (Å²) in [5.41, 5.74) is 0. The maximum Gasteiger partial charge on any atom is 3.00 e. The van der Waals surface area contributed by atoms with E-state index in [1.165, 1.54) is 0 Å². The molecular formula is C2H6Fe2O13S3. The van der Waals surface area contributed by atoms with E-state index in [9.17, 15) is 0 Å². The quantitative estimate of drug-likeness (QED) is 0.211. The van der Waals surface area contributed by atoms with E-state index in [2.05, 4.69) is 0 Å². The van der Waals surface area contributed by atoms with Gasteiger partial charge in [0.25, 0.3) is 0 Å². The maximum atomic E-state index is 8.52. The standard InChI is InChI=1S/C2H6O.2Fe.3H2O4S/c1-2-3;;;3*1-5(2,3)4/h3H,2H2,1H3;;;3*(H2,1,2,3,4)/q;2*+3;;;/p-6. The summed E-state index contributed by atoms with van der Waals surface area (Å²) in [4.78, 5) is 0. The van der Waals surface area contributed by atoms with Crippen molar-refractivity contribution in [2.45, 2.75) is 6.92 Å². The normalized spacial score (nSPS) is 9.60. The van der Waals surface area contributed by atoms with Gasteiger partial charge >= 0.3 is 34.1 Å². The summed E-state index contributed by atoms with van der Waals surface area (Å²) in [6.07, 6.45) is 0. The minimum absolute atomic E-state index is 0. The zero-order valence-corrected chi connectivity index (χ0v) is 13.6. The molecule has 0 atom stereocenters. The van der Waals surface area contributed by atoms with E-state index in [4.69, 9.17) is 57.7 Å². The fraction of sp³-hybridized carbons (Fsp3) is 1.00. The van der Waals surface area contributed by atoms with Gasteiger partial charge < -0.3 is 32.4 Å². The SMILES string of the molecule is CCO.O=S(=O)([O-])[O-].O=S(=O)([O-])[O-].O=S(=O)([O-])[O-].[Fe+3].[Fe+3]. The molecule has 0 saturated carbocycles. The zero-order valence-electron chi connectivity index (χ0n) is 8.99. The van der Waals surface area contributed by atoms with Crippen molar-refractivity contribution < 1.29 is 91.8 Å². The molecule has 0 aliphatic carbocycles. The van der Waals surface area contributed by atoms with Gasteiger partial charge in [-0.05, 0) is 6.92 Å². The van der Waals surface area contributed by atoms with Crippen molar-refractivity contribution in [1.29, 1.82) is 0 Å². The third-order valence-corrected chi connectivity index (χ3v) is 0. The molecule has 0 aromatic rings. The number of hydrogen-bond donors (Lipinski definition) is 1. The van der Waals surface area contributed by atoms with Crippen molar-refractivity contribution in [1.82, 2.24) is 0 Å². The van der Waals surface area contributed by atoms with Gasteiger partial charge in [0.2, 0.25) is 0 Å². The molecule has 2 radical (unpaired) electrons. The molecule has 0 heterocycles. The molecule has 0 aliphatic rings. The maximum absolute atomic E-state index is 8.52. The van der Waals surface area contributed by atoms with Crippen LogP contribution in [0.4, 0.5) is 0 Å². The van der Waals surface area contributed by atoms with Gasteiger partial charge in [-0.25, -0.2) is 0 Å². The zero-order chi connectivity index (χ0) is 16.2. The van der Waals surface area contributed by atoms with Crippen LogP contribution >= 0.6 is 0 Å². The molecule has 0 aromatic heterocycles. The average Bonchev–Trinajstić information content (AvgIpc) is 1.71. The Morgan fingerprint density at radius 2 is 0.650 bits per heavy atom. The summed E-state index contributed by atoms with van der Waals surface area (Å²) in [6, 6.07) is 0. The van der Waals surface area contributed by atoms with E-state index in [-0.39, 0.29) is 40.7 Å². The summed E-state index contributed by atoms with van der Waals surface area (Å²) in [5, 5.41) is 7.57. The summed E-state index contributed by atoms with van der Waals surface area (Å²) >= 11 is 0. The molecule has 13 nitrogen and oxygen atoms in total. The van der Waals surface area contributed by atoms with Gasteiger partial charge in [-0.3, -0.25) is 25.3 Å². The Hall–Kier alpha value is 0.609. The van der Waals surface area contributed by atoms with Gasteiger partial charge in [-0.2, -0.15) is 0 Å². The molecule has 0 aliphatic heterocycles. The molecule has 0 bridgehead atoms. The minimum atomic E-state index is -5.17. The van der Waals surface area contributed by atoms with Gasteiger partial charge in [0.15, 0.2) is 0 Å². The van der Waals surface area contributed by atoms with Crippen LogP contribution in [0, 0.1) is 0 Å². The van der Waals surface area contributed by atoms with Gasteiger partial charge in [-0.1, -0.05) is 0 Å². The van der Waals surface area contributed by atoms with Gasteiger partial charge in [0.1, 0.15) is 0 Å². The van der Waals surface area contributed by atoms with E-state index in [0.29, 0.717) is 0 Å². The van der Waals surface area contributed by atoms with Gasteiger partial charge in [0.05, 0.1) is 0 Å². The predicted molar refractivity (Wildman–Crippen MR) is 44.2 cm³/mol. The van der Waals surface area contributed by atoms with Crippen LogP contribution in [0.2, 0.25) is 0 Å². The predicted octanol–water partition coefficient (Wildman–Crippen LogP) is -4.02. The smallest absolute Gasteiger partial charge is 0.759 e. The molecule has 0 unspecified atom stereocenters. The molecule has 18 heteroatoms. The Morgan fingerprint density at radius 1 is 0.650 bits per heavy atom. The molecular weight excluding hydrogens is 440 g/mol. The van der Waals surface area contributed by atoms with E-state index in [0.717, 1.165) is 0 Å². The van der Waals surface area contributed by atoms with Crippen LogP contribution in [0.1, 0.15) is 6.92 Å². The van der Waals surface area contributed by atoms with Crippen LogP contribution in [-0.2, 0) is 65.3 Å². The summed E-state index contributed by atoms with van der Waals surface area (Å²) in [5.74, 6) is 0. The first-order valence-corrected chi connectivity index (χ1v) is 7.02. The Morgan fingerprint density at radius 3 is 0.650 bits per heavy atom. The third-order valence-electron chi connectivity index (χ3n) is 0. The Bertz CT molecular complexity index is 364. The van der Waals surface area contributed by atoms with Crippen LogP contribution in [0.3, 0.4) is 0 Å². The molecule has 1 N–H and O–H groups in total. The van der Waals surface area contributed by atoms with Crippen LogP contribution in [0.25, 0.3) is 0 Å². The van der Waals surface area contributed by atoms with Crippen molar-refractivity contribution in [3.05, 3.63) is 0 Å². The van der Waals surface area contributed by atoms with Gasteiger partial charge in [-0.15, -0.1) is 0 Å². The van der Waals surface area contributed by atoms with E-state index < -0.39 is 31.2 Å². The second-order valence-electron chi connectivity index (χ2n) is 1.54. The first-order valence-electron chi connectivity index (χ1n) is 3.02. The molecule has 0 spiro atoms. The topological polar surface area (TPSA) is 261 Å². The van der Waals surface area contributed by atoms with Crippen molar-refractivity contribution >= 4 is 31.2 Å². The van der Waals surface area contributed by atoms with Crippen LogP contribution < -0.4 is 0 Å². The van der Waals surface area contributed by atoms with E-state index >= 15 is 0 Å². The molecule has 20 heavy (non-hydrogen) atoms. The fourth-order valence-electron chi connectivity index (χ4n) is 0.